The van der Waals surface area contributed by atoms with Gasteiger partial charge in [-0.25, -0.2) is 0 Å². The second-order valence-corrected chi connectivity index (χ2v) is 5.60. The summed E-state index contributed by atoms with van der Waals surface area (Å²) in [5.74, 6) is 0.636. The fraction of sp³-hybridized carbons (Fsp3) is 0.278. The monoisotopic (exact) mass is 335 g/mol. The lowest BCUT2D eigenvalue weighted by atomic mass is 10.1. The zero-order valence-corrected chi connectivity index (χ0v) is 13.6. The van der Waals surface area contributed by atoms with E-state index >= 15 is 0 Å². The number of nitrogens with zero attached hydrogens (tertiary/aromatic N) is 2. The molecule has 1 N–H and O–H groups in total. The van der Waals surface area contributed by atoms with Gasteiger partial charge in [-0.15, -0.1) is 0 Å². The second-order valence-electron chi connectivity index (χ2n) is 5.60. The van der Waals surface area contributed by atoms with Gasteiger partial charge in [-0.2, -0.15) is 13.2 Å². The smallest absolute Gasteiger partial charge is 0.340 e. The average molecular weight is 335 g/mol. The third kappa shape index (κ3) is 5.38. The summed E-state index contributed by atoms with van der Waals surface area (Å²) < 4.78 is 37.9. The molecule has 24 heavy (non-hydrogen) atoms. The SMILES string of the molecule is CN(C)CCN=C(Nc1ccc(C(F)(F)F)cc1)c1ccccc1. The van der Waals surface area contributed by atoms with Crippen molar-refractivity contribution in [3.05, 3.63) is 65.7 Å². The Morgan fingerprint density at radius 1 is 1.00 bits per heavy atom. The molecule has 0 radical (unpaired) electrons. The van der Waals surface area contributed by atoms with Crippen LogP contribution in [0.25, 0.3) is 0 Å². The van der Waals surface area contributed by atoms with E-state index in [9.17, 15) is 13.2 Å². The first-order valence-electron chi connectivity index (χ1n) is 7.55. The van der Waals surface area contributed by atoms with Crippen molar-refractivity contribution in [1.82, 2.24) is 4.90 Å². The maximum absolute atomic E-state index is 12.6. The number of hydrogen-bond donors (Lipinski definition) is 1. The van der Waals surface area contributed by atoms with E-state index in [1.807, 2.05) is 49.3 Å². The van der Waals surface area contributed by atoms with Crippen LogP contribution in [0.15, 0.2) is 59.6 Å². The van der Waals surface area contributed by atoms with Crippen molar-refractivity contribution in [1.29, 1.82) is 0 Å². The van der Waals surface area contributed by atoms with Crippen LogP contribution in [0.4, 0.5) is 18.9 Å². The molecule has 0 aliphatic heterocycles. The molecular formula is C18H20F3N3. The molecule has 6 heteroatoms. The maximum atomic E-state index is 12.6. The predicted octanol–water partition coefficient (Wildman–Crippen LogP) is 4.13. The minimum absolute atomic E-state index is 0.565. The molecular weight excluding hydrogens is 315 g/mol. The highest BCUT2D eigenvalue weighted by atomic mass is 19.4. The van der Waals surface area contributed by atoms with E-state index in [-0.39, 0.29) is 0 Å². The molecule has 2 rings (SSSR count). The van der Waals surface area contributed by atoms with E-state index in [0.29, 0.717) is 18.1 Å². The number of alkyl halides is 3. The summed E-state index contributed by atoms with van der Waals surface area (Å²) in [4.78, 5) is 6.56. The van der Waals surface area contributed by atoms with Crippen LogP contribution in [0.3, 0.4) is 0 Å². The number of amidine groups is 1. The van der Waals surface area contributed by atoms with Gasteiger partial charge in [0, 0.05) is 17.8 Å². The molecule has 0 spiro atoms. The average Bonchev–Trinajstić information content (AvgIpc) is 2.54. The molecule has 0 aromatic heterocycles. The highest BCUT2D eigenvalue weighted by Crippen LogP contribution is 2.29. The van der Waals surface area contributed by atoms with Gasteiger partial charge in [0.15, 0.2) is 0 Å². The lowest BCUT2D eigenvalue weighted by Crippen LogP contribution is -2.19. The Morgan fingerprint density at radius 2 is 1.62 bits per heavy atom. The molecule has 0 amide bonds. The van der Waals surface area contributed by atoms with E-state index in [0.717, 1.165) is 24.2 Å². The van der Waals surface area contributed by atoms with Crippen LogP contribution in [-0.4, -0.2) is 37.9 Å². The third-order valence-corrected chi connectivity index (χ3v) is 3.34. The van der Waals surface area contributed by atoms with Gasteiger partial charge in [-0.3, -0.25) is 4.99 Å². The normalized spacial score (nSPS) is 12.5. The Kier molecular flexibility index (Phi) is 5.98. The number of likely N-dealkylation sites (N-methyl/N-ethyl adjacent to an activating group) is 1. The van der Waals surface area contributed by atoms with E-state index in [1.165, 1.54) is 12.1 Å². The minimum atomic E-state index is -4.33. The van der Waals surface area contributed by atoms with Crippen LogP contribution in [0, 0.1) is 0 Å². The van der Waals surface area contributed by atoms with Crippen molar-refractivity contribution in [2.24, 2.45) is 4.99 Å². The molecule has 0 unspecified atom stereocenters. The first kappa shape index (κ1) is 18.0. The Morgan fingerprint density at radius 3 is 2.17 bits per heavy atom. The molecule has 2 aromatic carbocycles. The maximum Gasteiger partial charge on any atom is 0.416 e. The predicted molar refractivity (Wildman–Crippen MR) is 91.5 cm³/mol. The number of anilines is 1. The summed E-state index contributed by atoms with van der Waals surface area (Å²) in [6.07, 6.45) is -4.33. The summed E-state index contributed by atoms with van der Waals surface area (Å²) >= 11 is 0. The summed E-state index contributed by atoms with van der Waals surface area (Å²) in [5, 5.41) is 3.11. The molecule has 0 aliphatic rings. The number of halogens is 3. The first-order chi connectivity index (χ1) is 11.4. The largest absolute Gasteiger partial charge is 0.416 e. The number of benzene rings is 2. The van der Waals surface area contributed by atoms with Gasteiger partial charge in [0.05, 0.1) is 12.1 Å². The zero-order valence-electron chi connectivity index (χ0n) is 13.6. The van der Waals surface area contributed by atoms with Crippen LogP contribution in [0.1, 0.15) is 11.1 Å². The molecule has 128 valence electrons. The standard InChI is InChI=1S/C18H20F3N3/c1-24(2)13-12-22-17(14-6-4-3-5-7-14)23-16-10-8-15(9-11-16)18(19,20)21/h3-11H,12-13H2,1-2H3,(H,22,23). The van der Waals surface area contributed by atoms with Crippen LogP contribution >= 0.6 is 0 Å². The van der Waals surface area contributed by atoms with Gasteiger partial charge in [0.2, 0.25) is 0 Å². The van der Waals surface area contributed by atoms with Crippen molar-refractivity contribution in [2.75, 3.05) is 32.5 Å². The molecule has 0 atom stereocenters. The molecule has 2 aromatic rings. The van der Waals surface area contributed by atoms with Crippen LogP contribution in [0.5, 0.6) is 0 Å². The van der Waals surface area contributed by atoms with E-state index in [2.05, 4.69) is 10.3 Å². The van der Waals surface area contributed by atoms with Crippen molar-refractivity contribution in [2.45, 2.75) is 6.18 Å². The lowest BCUT2D eigenvalue weighted by molar-refractivity contribution is -0.137. The van der Waals surface area contributed by atoms with Crippen LogP contribution < -0.4 is 5.32 Å². The van der Waals surface area contributed by atoms with Gasteiger partial charge in [0.25, 0.3) is 0 Å². The van der Waals surface area contributed by atoms with Crippen molar-refractivity contribution >= 4 is 11.5 Å². The topological polar surface area (TPSA) is 27.6 Å². The lowest BCUT2D eigenvalue weighted by Gasteiger charge is -2.13. The van der Waals surface area contributed by atoms with Crippen LogP contribution in [0.2, 0.25) is 0 Å². The van der Waals surface area contributed by atoms with Crippen molar-refractivity contribution in [3.8, 4) is 0 Å². The molecule has 0 fully saturated rings. The highest BCUT2D eigenvalue weighted by Gasteiger charge is 2.29. The van der Waals surface area contributed by atoms with Crippen molar-refractivity contribution < 1.29 is 13.2 Å². The van der Waals surface area contributed by atoms with Crippen molar-refractivity contribution in [3.63, 3.8) is 0 Å². The van der Waals surface area contributed by atoms with Gasteiger partial charge in [0.1, 0.15) is 5.84 Å². The number of aliphatic imine (C=N–C) groups is 1. The van der Waals surface area contributed by atoms with Gasteiger partial charge in [-0.05, 0) is 38.4 Å². The Bertz CT molecular complexity index is 662. The van der Waals surface area contributed by atoms with E-state index in [1.54, 1.807) is 0 Å². The Hall–Kier alpha value is -2.34. The number of hydrogen-bond acceptors (Lipinski definition) is 2. The van der Waals surface area contributed by atoms with Crippen LogP contribution in [-0.2, 0) is 6.18 Å². The molecule has 0 saturated carbocycles. The van der Waals surface area contributed by atoms with Gasteiger partial charge >= 0.3 is 6.18 Å². The second kappa shape index (κ2) is 7.97. The molecule has 0 aliphatic carbocycles. The van der Waals surface area contributed by atoms with Gasteiger partial charge in [-0.1, -0.05) is 30.3 Å². The summed E-state index contributed by atoms with van der Waals surface area (Å²) in [5.41, 5.74) is 0.783. The quantitative estimate of drug-likeness (QED) is 0.657. The third-order valence-electron chi connectivity index (χ3n) is 3.34. The Labute approximate surface area is 139 Å². The first-order valence-corrected chi connectivity index (χ1v) is 7.55. The highest BCUT2D eigenvalue weighted by molar-refractivity contribution is 6.08. The summed E-state index contributed by atoms with van der Waals surface area (Å²) in [6.45, 7) is 1.37. The van der Waals surface area contributed by atoms with E-state index < -0.39 is 11.7 Å². The van der Waals surface area contributed by atoms with Gasteiger partial charge < -0.3 is 10.2 Å². The molecule has 0 bridgehead atoms. The minimum Gasteiger partial charge on any atom is -0.340 e. The summed E-state index contributed by atoms with van der Waals surface area (Å²) in [6, 6.07) is 14.4. The summed E-state index contributed by atoms with van der Waals surface area (Å²) in [7, 11) is 3.92. The fourth-order valence-corrected chi connectivity index (χ4v) is 2.04. The van der Waals surface area contributed by atoms with E-state index in [4.69, 9.17) is 0 Å². The Balaban J connectivity index is 2.19. The number of rotatable bonds is 5. The molecule has 0 saturated heterocycles. The number of nitrogens with one attached hydrogen (secondary N) is 1. The molecule has 3 nitrogen and oxygen atoms in total. The zero-order chi connectivity index (χ0) is 17.6. The fourth-order valence-electron chi connectivity index (χ4n) is 2.04. The molecule has 0 heterocycles.